The number of aliphatic hydroxyl groups is 1. The minimum atomic E-state index is -0.563. The van der Waals surface area contributed by atoms with Gasteiger partial charge >= 0.3 is 0 Å². The molecule has 1 fully saturated rings. The molecule has 1 aliphatic rings. The number of piperidine rings is 1. The van der Waals surface area contributed by atoms with E-state index in [1.54, 1.807) is 0 Å². The van der Waals surface area contributed by atoms with Gasteiger partial charge in [-0.15, -0.1) is 0 Å². The molecule has 0 bridgehead atoms. The molecule has 1 heterocycles. The number of hydrogen-bond acceptors (Lipinski definition) is 3. The smallest absolute Gasteiger partial charge is 0.0798 e. The topological polar surface area (TPSA) is 35.5 Å². The van der Waals surface area contributed by atoms with Crippen LogP contribution >= 0.6 is 11.6 Å². The quantitative estimate of drug-likeness (QED) is 0.890. The van der Waals surface area contributed by atoms with Crippen LogP contribution in [0.3, 0.4) is 0 Å². The van der Waals surface area contributed by atoms with E-state index in [9.17, 15) is 5.11 Å². The average Bonchev–Trinajstić information content (AvgIpc) is 2.38. The first-order valence-electron chi connectivity index (χ1n) is 6.89. The summed E-state index contributed by atoms with van der Waals surface area (Å²) in [6, 6.07) is 8.19. The van der Waals surface area contributed by atoms with Crippen LogP contribution in [0.2, 0.25) is 5.02 Å². The molecule has 2 N–H and O–H groups in total. The minimum absolute atomic E-state index is 0.248. The molecule has 2 rings (SSSR count). The van der Waals surface area contributed by atoms with Crippen LogP contribution in [0.4, 0.5) is 0 Å². The van der Waals surface area contributed by atoms with Crippen molar-refractivity contribution in [2.45, 2.75) is 31.4 Å². The summed E-state index contributed by atoms with van der Waals surface area (Å²) in [5.74, 6) is 0. The Labute approximate surface area is 120 Å². The number of halogens is 1. The lowest BCUT2D eigenvalue weighted by Crippen LogP contribution is -2.49. The van der Waals surface area contributed by atoms with E-state index in [0.717, 1.165) is 31.0 Å². The Morgan fingerprint density at radius 3 is 2.74 bits per heavy atom. The van der Waals surface area contributed by atoms with Gasteiger partial charge in [0.15, 0.2) is 0 Å². The highest BCUT2D eigenvalue weighted by Gasteiger charge is 2.31. The number of benzene rings is 1. The standard InChI is InChI=1S/C15H23ClN2O/c1-12(13-4-3-5-14(16)10-13)18(2)11-15(19)6-8-17-9-7-15/h3-5,10,12,17,19H,6-9,11H2,1-2H3. The van der Waals surface area contributed by atoms with Crippen LogP contribution in [-0.2, 0) is 0 Å². The maximum atomic E-state index is 10.6. The molecule has 1 atom stereocenters. The maximum absolute atomic E-state index is 10.6. The predicted molar refractivity (Wildman–Crippen MR) is 79.6 cm³/mol. The maximum Gasteiger partial charge on any atom is 0.0798 e. The fraction of sp³-hybridized carbons (Fsp3) is 0.600. The van der Waals surface area contributed by atoms with Crippen molar-refractivity contribution in [2.24, 2.45) is 0 Å². The van der Waals surface area contributed by atoms with Gasteiger partial charge in [-0.05, 0) is 57.6 Å². The van der Waals surface area contributed by atoms with Crippen molar-refractivity contribution in [3.8, 4) is 0 Å². The molecule has 1 aromatic rings. The molecule has 0 radical (unpaired) electrons. The third-order valence-corrected chi connectivity index (χ3v) is 4.31. The SMILES string of the molecule is CC(c1cccc(Cl)c1)N(C)CC1(O)CCNCC1. The van der Waals surface area contributed by atoms with Crippen molar-refractivity contribution in [1.82, 2.24) is 10.2 Å². The number of hydrogen-bond donors (Lipinski definition) is 2. The van der Waals surface area contributed by atoms with Crippen LogP contribution in [0.1, 0.15) is 31.4 Å². The van der Waals surface area contributed by atoms with E-state index < -0.39 is 5.60 Å². The van der Waals surface area contributed by atoms with Crippen molar-refractivity contribution in [3.05, 3.63) is 34.9 Å². The summed E-state index contributed by atoms with van der Waals surface area (Å²) in [6.45, 7) is 4.64. The molecular formula is C15H23ClN2O. The molecule has 1 aromatic carbocycles. The molecule has 1 unspecified atom stereocenters. The van der Waals surface area contributed by atoms with Crippen LogP contribution in [0.15, 0.2) is 24.3 Å². The predicted octanol–water partition coefficient (Wildman–Crippen LogP) is 2.45. The van der Waals surface area contributed by atoms with Gasteiger partial charge in [0, 0.05) is 17.6 Å². The number of likely N-dealkylation sites (N-methyl/N-ethyl adjacent to an activating group) is 1. The van der Waals surface area contributed by atoms with Crippen molar-refractivity contribution in [3.63, 3.8) is 0 Å². The largest absolute Gasteiger partial charge is 0.388 e. The van der Waals surface area contributed by atoms with E-state index >= 15 is 0 Å². The van der Waals surface area contributed by atoms with Crippen molar-refractivity contribution < 1.29 is 5.11 Å². The Morgan fingerprint density at radius 1 is 1.42 bits per heavy atom. The van der Waals surface area contributed by atoms with Gasteiger partial charge in [0.2, 0.25) is 0 Å². The zero-order valence-electron chi connectivity index (χ0n) is 11.7. The lowest BCUT2D eigenvalue weighted by Gasteiger charge is -2.38. The van der Waals surface area contributed by atoms with E-state index in [4.69, 9.17) is 11.6 Å². The summed E-state index contributed by atoms with van der Waals surface area (Å²) in [5.41, 5.74) is 0.625. The highest BCUT2D eigenvalue weighted by molar-refractivity contribution is 6.30. The van der Waals surface area contributed by atoms with Gasteiger partial charge in [-0.1, -0.05) is 23.7 Å². The second kappa shape index (κ2) is 6.23. The van der Waals surface area contributed by atoms with Gasteiger partial charge in [-0.2, -0.15) is 0 Å². The Kier molecular flexibility index (Phi) is 4.85. The molecule has 0 spiro atoms. The molecule has 4 heteroatoms. The van der Waals surface area contributed by atoms with Gasteiger partial charge in [-0.25, -0.2) is 0 Å². The first kappa shape index (κ1) is 14.8. The zero-order chi connectivity index (χ0) is 13.9. The molecule has 106 valence electrons. The van der Waals surface area contributed by atoms with E-state index in [1.165, 1.54) is 5.56 Å². The first-order chi connectivity index (χ1) is 9.00. The lowest BCUT2D eigenvalue weighted by molar-refractivity contribution is -0.0228. The summed E-state index contributed by atoms with van der Waals surface area (Å²) in [7, 11) is 2.06. The summed E-state index contributed by atoms with van der Waals surface area (Å²) in [6.07, 6.45) is 1.64. The van der Waals surface area contributed by atoms with Crippen LogP contribution < -0.4 is 5.32 Å². The second-order valence-electron chi connectivity index (χ2n) is 5.62. The van der Waals surface area contributed by atoms with Crippen molar-refractivity contribution in [1.29, 1.82) is 0 Å². The fourth-order valence-electron chi connectivity index (χ4n) is 2.67. The van der Waals surface area contributed by atoms with Crippen molar-refractivity contribution in [2.75, 3.05) is 26.7 Å². The van der Waals surface area contributed by atoms with E-state index in [0.29, 0.717) is 6.54 Å². The summed E-state index contributed by atoms with van der Waals surface area (Å²) >= 11 is 6.04. The molecule has 3 nitrogen and oxygen atoms in total. The third kappa shape index (κ3) is 3.93. The number of rotatable bonds is 4. The highest BCUT2D eigenvalue weighted by Crippen LogP contribution is 2.26. The number of nitrogens with one attached hydrogen (secondary N) is 1. The molecular weight excluding hydrogens is 260 g/mol. The van der Waals surface area contributed by atoms with Crippen LogP contribution in [0.25, 0.3) is 0 Å². The van der Waals surface area contributed by atoms with Crippen molar-refractivity contribution >= 4 is 11.6 Å². The number of nitrogens with zero attached hydrogens (tertiary/aromatic N) is 1. The molecule has 0 amide bonds. The first-order valence-corrected chi connectivity index (χ1v) is 7.27. The molecule has 0 saturated carbocycles. The van der Waals surface area contributed by atoms with Crippen LogP contribution in [0, 0.1) is 0 Å². The Bertz CT molecular complexity index is 418. The van der Waals surface area contributed by atoms with E-state index in [2.05, 4.69) is 30.3 Å². The lowest BCUT2D eigenvalue weighted by atomic mass is 9.91. The van der Waals surface area contributed by atoms with Gasteiger partial charge in [0.25, 0.3) is 0 Å². The Morgan fingerprint density at radius 2 is 2.11 bits per heavy atom. The van der Waals surface area contributed by atoms with Gasteiger partial charge in [-0.3, -0.25) is 4.90 Å². The second-order valence-corrected chi connectivity index (χ2v) is 6.06. The summed E-state index contributed by atoms with van der Waals surface area (Å²) in [4.78, 5) is 2.21. The van der Waals surface area contributed by atoms with Gasteiger partial charge in [0.05, 0.1) is 5.60 Å². The Balaban J connectivity index is 2.00. The van der Waals surface area contributed by atoms with Crippen LogP contribution in [-0.4, -0.2) is 42.3 Å². The monoisotopic (exact) mass is 282 g/mol. The zero-order valence-corrected chi connectivity index (χ0v) is 12.5. The molecule has 0 aromatic heterocycles. The Hall–Kier alpha value is -0.610. The van der Waals surface area contributed by atoms with Crippen LogP contribution in [0.5, 0.6) is 0 Å². The molecule has 1 aliphatic heterocycles. The van der Waals surface area contributed by atoms with Gasteiger partial charge < -0.3 is 10.4 Å². The minimum Gasteiger partial charge on any atom is -0.388 e. The average molecular weight is 283 g/mol. The molecule has 19 heavy (non-hydrogen) atoms. The summed E-state index contributed by atoms with van der Waals surface area (Å²) < 4.78 is 0. The normalized spacial score (nSPS) is 20.5. The fourth-order valence-corrected chi connectivity index (χ4v) is 2.87. The highest BCUT2D eigenvalue weighted by atomic mass is 35.5. The van der Waals surface area contributed by atoms with E-state index in [1.807, 2.05) is 18.2 Å². The van der Waals surface area contributed by atoms with E-state index in [-0.39, 0.29) is 6.04 Å². The third-order valence-electron chi connectivity index (χ3n) is 4.07. The molecule has 1 saturated heterocycles. The molecule has 0 aliphatic carbocycles. The summed E-state index contributed by atoms with van der Waals surface area (Å²) in [5, 5.41) is 14.6. The van der Waals surface area contributed by atoms with Gasteiger partial charge in [0.1, 0.15) is 0 Å².